The monoisotopic (exact) mass is 154 g/mol. The number of hydrogen-bond donors (Lipinski definition) is 2. The molecule has 1 heterocycles. The number of nitrogens with zero attached hydrogens (tertiary/aromatic N) is 1. The molecule has 4 nitrogen and oxygen atoms in total. The van der Waals surface area contributed by atoms with E-state index in [4.69, 9.17) is 5.11 Å². The summed E-state index contributed by atoms with van der Waals surface area (Å²) in [6.45, 7) is 3.66. The third-order valence-corrected chi connectivity index (χ3v) is 1.78. The highest BCUT2D eigenvalue weighted by molar-refractivity contribution is 5.50. The smallest absolute Gasteiger partial charge is 0.193 e. The Hall–Kier alpha value is -1.32. The first-order chi connectivity index (χ1) is 5.20. The lowest BCUT2D eigenvalue weighted by Gasteiger charge is -1.91. The van der Waals surface area contributed by atoms with E-state index in [1.54, 1.807) is 6.92 Å². The summed E-state index contributed by atoms with van der Waals surface area (Å²) in [7, 11) is 0. The molecule has 0 aliphatic carbocycles. The van der Waals surface area contributed by atoms with Crippen molar-refractivity contribution in [2.45, 2.75) is 20.3 Å². The SMILES string of the molecule is CCc1c(N=O)[nH]c(O)c1C. The lowest BCUT2D eigenvalue weighted by atomic mass is 10.1. The van der Waals surface area contributed by atoms with Gasteiger partial charge in [-0.25, -0.2) is 0 Å². The van der Waals surface area contributed by atoms with Crippen molar-refractivity contribution in [3.8, 4) is 5.88 Å². The summed E-state index contributed by atoms with van der Waals surface area (Å²) in [5, 5.41) is 11.9. The van der Waals surface area contributed by atoms with Crippen LogP contribution in [-0.2, 0) is 6.42 Å². The highest BCUT2D eigenvalue weighted by atomic mass is 16.3. The Morgan fingerprint density at radius 2 is 2.27 bits per heavy atom. The van der Waals surface area contributed by atoms with Gasteiger partial charge >= 0.3 is 0 Å². The molecule has 0 aromatic carbocycles. The predicted octanol–water partition coefficient (Wildman–Crippen LogP) is 1.99. The number of aromatic amines is 1. The summed E-state index contributed by atoms with van der Waals surface area (Å²) < 4.78 is 0. The zero-order valence-corrected chi connectivity index (χ0v) is 6.51. The molecule has 0 atom stereocenters. The van der Waals surface area contributed by atoms with Gasteiger partial charge in [-0.05, 0) is 18.5 Å². The highest BCUT2D eigenvalue weighted by Gasteiger charge is 2.11. The van der Waals surface area contributed by atoms with Gasteiger partial charge < -0.3 is 10.1 Å². The van der Waals surface area contributed by atoms with Gasteiger partial charge in [-0.2, -0.15) is 0 Å². The zero-order chi connectivity index (χ0) is 8.43. The molecule has 0 aliphatic rings. The van der Waals surface area contributed by atoms with Crippen molar-refractivity contribution >= 4 is 5.82 Å². The number of nitrogens with one attached hydrogen (secondary N) is 1. The van der Waals surface area contributed by atoms with Crippen molar-refractivity contribution in [2.75, 3.05) is 0 Å². The van der Waals surface area contributed by atoms with Crippen LogP contribution in [0.5, 0.6) is 5.88 Å². The van der Waals surface area contributed by atoms with Crippen LogP contribution in [0.1, 0.15) is 18.1 Å². The van der Waals surface area contributed by atoms with E-state index in [9.17, 15) is 4.91 Å². The van der Waals surface area contributed by atoms with Crippen molar-refractivity contribution in [1.82, 2.24) is 4.98 Å². The van der Waals surface area contributed by atoms with E-state index in [1.165, 1.54) is 0 Å². The number of nitroso groups, excluding NO2 is 1. The van der Waals surface area contributed by atoms with E-state index < -0.39 is 0 Å². The number of aromatic nitrogens is 1. The quantitative estimate of drug-likeness (QED) is 0.639. The molecule has 0 radical (unpaired) electrons. The molecule has 0 fully saturated rings. The second-order valence-corrected chi connectivity index (χ2v) is 2.37. The molecule has 0 saturated heterocycles. The largest absolute Gasteiger partial charge is 0.494 e. The molecule has 1 aromatic heterocycles. The van der Waals surface area contributed by atoms with E-state index in [0.717, 1.165) is 5.56 Å². The Morgan fingerprint density at radius 1 is 1.64 bits per heavy atom. The summed E-state index contributed by atoms with van der Waals surface area (Å²) in [4.78, 5) is 12.6. The Morgan fingerprint density at radius 3 is 2.64 bits per heavy atom. The molecule has 0 saturated carbocycles. The summed E-state index contributed by atoms with van der Waals surface area (Å²) >= 11 is 0. The minimum absolute atomic E-state index is 0.0384. The van der Waals surface area contributed by atoms with Crippen molar-refractivity contribution in [2.24, 2.45) is 5.18 Å². The van der Waals surface area contributed by atoms with Crippen LogP contribution in [0.2, 0.25) is 0 Å². The second kappa shape index (κ2) is 2.74. The summed E-state index contributed by atoms with van der Waals surface area (Å²) in [5.41, 5.74) is 1.50. The molecule has 2 N–H and O–H groups in total. The maximum absolute atomic E-state index is 10.2. The number of hydrogen-bond acceptors (Lipinski definition) is 3. The average molecular weight is 154 g/mol. The van der Waals surface area contributed by atoms with Crippen molar-refractivity contribution in [3.05, 3.63) is 16.0 Å². The van der Waals surface area contributed by atoms with Crippen LogP contribution in [0, 0.1) is 11.8 Å². The van der Waals surface area contributed by atoms with Crippen molar-refractivity contribution in [1.29, 1.82) is 0 Å². The zero-order valence-electron chi connectivity index (χ0n) is 6.51. The molecule has 0 spiro atoms. The average Bonchev–Trinajstić information content (AvgIpc) is 2.28. The van der Waals surface area contributed by atoms with Crippen LogP contribution in [0.3, 0.4) is 0 Å². The summed E-state index contributed by atoms with van der Waals surface area (Å²) in [5.74, 6) is 0.277. The fourth-order valence-electron chi connectivity index (χ4n) is 1.11. The first-order valence-corrected chi connectivity index (χ1v) is 3.44. The van der Waals surface area contributed by atoms with Gasteiger partial charge in [-0.15, -0.1) is 4.91 Å². The first-order valence-electron chi connectivity index (χ1n) is 3.44. The van der Waals surface area contributed by atoms with Gasteiger partial charge in [0.2, 0.25) is 0 Å². The van der Waals surface area contributed by atoms with Crippen molar-refractivity contribution < 1.29 is 5.11 Å². The molecule has 11 heavy (non-hydrogen) atoms. The van der Waals surface area contributed by atoms with Crippen LogP contribution in [-0.4, -0.2) is 10.1 Å². The minimum Gasteiger partial charge on any atom is -0.494 e. The third kappa shape index (κ3) is 1.11. The van der Waals surface area contributed by atoms with Gasteiger partial charge in [0.25, 0.3) is 0 Å². The number of aromatic hydroxyl groups is 1. The van der Waals surface area contributed by atoms with E-state index in [-0.39, 0.29) is 11.7 Å². The highest BCUT2D eigenvalue weighted by Crippen LogP contribution is 2.29. The van der Waals surface area contributed by atoms with Crippen LogP contribution in [0.4, 0.5) is 5.82 Å². The number of H-pyrrole nitrogens is 1. The van der Waals surface area contributed by atoms with E-state index in [2.05, 4.69) is 10.2 Å². The molecular formula is C7H10N2O2. The molecular weight excluding hydrogens is 144 g/mol. The summed E-state index contributed by atoms with van der Waals surface area (Å²) in [6.07, 6.45) is 0.698. The van der Waals surface area contributed by atoms with Gasteiger partial charge in [0.15, 0.2) is 11.7 Å². The van der Waals surface area contributed by atoms with Crippen molar-refractivity contribution in [3.63, 3.8) is 0 Å². The van der Waals surface area contributed by atoms with Gasteiger partial charge in [0.05, 0.1) is 0 Å². The van der Waals surface area contributed by atoms with E-state index in [1.807, 2.05) is 6.92 Å². The maximum Gasteiger partial charge on any atom is 0.193 e. The lowest BCUT2D eigenvalue weighted by molar-refractivity contribution is 0.453. The summed E-state index contributed by atoms with van der Waals surface area (Å²) in [6, 6.07) is 0. The van der Waals surface area contributed by atoms with Gasteiger partial charge in [-0.3, -0.25) is 0 Å². The molecule has 1 aromatic rings. The van der Waals surface area contributed by atoms with Crippen LogP contribution in [0.25, 0.3) is 0 Å². The van der Waals surface area contributed by atoms with E-state index >= 15 is 0 Å². The molecule has 60 valence electrons. The molecule has 0 unspecified atom stereocenters. The van der Waals surface area contributed by atoms with Crippen LogP contribution < -0.4 is 0 Å². The van der Waals surface area contributed by atoms with Gasteiger partial charge in [-0.1, -0.05) is 6.92 Å². The predicted molar refractivity (Wildman–Crippen MR) is 42.0 cm³/mol. The first kappa shape index (κ1) is 7.78. The Bertz CT molecular complexity index is 278. The standard InChI is InChI=1S/C7H10N2O2/c1-3-5-4(2)7(10)8-6(5)9-11/h8,10H,3H2,1-2H3. The molecule has 0 amide bonds. The third-order valence-electron chi connectivity index (χ3n) is 1.78. The van der Waals surface area contributed by atoms with Gasteiger partial charge in [0.1, 0.15) is 0 Å². The fraction of sp³-hybridized carbons (Fsp3) is 0.429. The maximum atomic E-state index is 10.2. The molecule has 0 aliphatic heterocycles. The van der Waals surface area contributed by atoms with E-state index in [0.29, 0.717) is 12.0 Å². The fourth-order valence-corrected chi connectivity index (χ4v) is 1.11. The minimum atomic E-state index is 0.0384. The number of rotatable bonds is 2. The van der Waals surface area contributed by atoms with Crippen LogP contribution >= 0.6 is 0 Å². The lowest BCUT2D eigenvalue weighted by Crippen LogP contribution is -1.78. The Kier molecular flexibility index (Phi) is 1.94. The van der Waals surface area contributed by atoms with Crippen LogP contribution in [0.15, 0.2) is 5.18 Å². The molecule has 1 rings (SSSR count). The second-order valence-electron chi connectivity index (χ2n) is 2.37. The Labute approximate surface area is 64.2 Å². The molecule has 0 bridgehead atoms. The topological polar surface area (TPSA) is 65.5 Å². The Balaban J connectivity index is 3.26. The molecule has 4 heteroatoms. The normalized spacial score (nSPS) is 10.0. The van der Waals surface area contributed by atoms with Gasteiger partial charge in [0, 0.05) is 11.1 Å².